The fraction of sp³-hybridized carbons (Fsp3) is 0.560. The van der Waals surface area contributed by atoms with Gasteiger partial charge < -0.3 is 14.5 Å². The van der Waals surface area contributed by atoms with E-state index in [1.54, 1.807) is 10.9 Å². The Morgan fingerprint density at radius 1 is 1.22 bits per heavy atom. The van der Waals surface area contributed by atoms with Crippen molar-refractivity contribution >= 4 is 11.8 Å². The summed E-state index contributed by atoms with van der Waals surface area (Å²) in [5.74, 6) is 0.978. The van der Waals surface area contributed by atoms with Crippen LogP contribution in [0.2, 0.25) is 0 Å². The van der Waals surface area contributed by atoms with Gasteiger partial charge in [0.1, 0.15) is 12.4 Å². The van der Waals surface area contributed by atoms with Gasteiger partial charge in [-0.15, -0.1) is 0 Å². The first kappa shape index (κ1) is 23.8. The van der Waals surface area contributed by atoms with Crippen LogP contribution in [0, 0.1) is 12.8 Å². The molecule has 0 N–H and O–H groups in total. The lowest BCUT2D eigenvalue weighted by atomic mass is 10.0. The third-order valence-corrected chi connectivity index (χ3v) is 5.98. The van der Waals surface area contributed by atoms with E-state index in [2.05, 4.69) is 18.9 Å². The van der Waals surface area contributed by atoms with Crippen molar-refractivity contribution in [2.24, 2.45) is 13.0 Å². The molecule has 1 aromatic carbocycles. The van der Waals surface area contributed by atoms with E-state index in [0.717, 1.165) is 25.0 Å². The summed E-state index contributed by atoms with van der Waals surface area (Å²) in [6.45, 7) is 10.5. The molecule has 0 fully saturated rings. The summed E-state index contributed by atoms with van der Waals surface area (Å²) in [4.78, 5) is 30.5. The van der Waals surface area contributed by atoms with Crippen molar-refractivity contribution in [2.45, 2.75) is 53.0 Å². The summed E-state index contributed by atoms with van der Waals surface area (Å²) in [6.07, 6.45) is 4.29. The van der Waals surface area contributed by atoms with Crippen molar-refractivity contribution in [3.05, 3.63) is 47.3 Å². The topological polar surface area (TPSA) is 67.7 Å². The maximum absolute atomic E-state index is 13.6. The summed E-state index contributed by atoms with van der Waals surface area (Å²) in [5.41, 5.74) is 1.96. The van der Waals surface area contributed by atoms with Crippen LogP contribution < -0.4 is 4.74 Å². The Morgan fingerprint density at radius 2 is 1.94 bits per heavy atom. The Hall–Kier alpha value is -2.83. The number of amides is 2. The van der Waals surface area contributed by atoms with Gasteiger partial charge in [0.25, 0.3) is 11.8 Å². The van der Waals surface area contributed by atoms with Crippen LogP contribution in [-0.2, 0) is 7.05 Å². The van der Waals surface area contributed by atoms with Gasteiger partial charge in [-0.25, -0.2) is 0 Å². The second kappa shape index (κ2) is 10.7. The lowest BCUT2D eigenvalue weighted by molar-refractivity contribution is 0.0554. The van der Waals surface area contributed by atoms with E-state index in [1.807, 2.05) is 55.0 Å². The highest BCUT2D eigenvalue weighted by Gasteiger charge is 2.29. The van der Waals surface area contributed by atoms with Crippen molar-refractivity contribution < 1.29 is 14.3 Å². The summed E-state index contributed by atoms with van der Waals surface area (Å²) >= 11 is 0. The summed E-state index contributed by atoms with van der Waals surface area (Å²) in [6, 6.07) is 7.33. The number of hydrogen-bond donors (Lipinski definition) is 0. The van der Waals surface area contributed by atoms with Crippen LogP contribution in [0.15, 0.2) is 30.5 Å². The fourth-order valence-corrected chi connectivity index (χ4v) is 4.36. The number of aromatic nitrogens is 2. The quantitative estimate of drug-likeness (QED) is 0.723. The van der Waals surface area contributed by atoms with E-state index in [-0.39, 0.29) is 17.9 Å². The highest BCUT2D eigenvalue weighted by atomic mass is 16.5. The highest BCUT2D eigenvalue weighted by Crippen LogP contribution is 2.24. The van der Waals surface area contributed by atoms with Crippen LogP contribution in [0.5, 0.6) is 5.75 Å². The first-order valence-corrected chi connectivity index (χ1v) is 11.6. The highest BCUT2D eigenvalue weighted by molar-refractivity contribution is 5.97. The molecule has 2 heterocycles. The third kappa shape index (κ3) is 5.50. The first-order chi connectivity index (χ1) is 15.3. The molecular formula is C25H36N4O3. The van der Waals surface area contributed by atoms with Crippen molar-refractivity contribution in [1.82, 2.24) is 19.6 Å². The van der Waals surface area contributed by atoms with Crippen molar-refractivity contribution in [2.75, 3.05) is 26.2 Å². The average Bonchev–Trinajstić information content (AvgIpc) is 3.10. The van der Waals surface area contributed by atoms with Gasteiger partial charge in [0.05, 0.1) is 22.9 Å². The second-order valence-electron chi connectivity index (χ2n) is 8.98. The molecule has 1 atom stereocenters. The molecule has 0 unspecified atom stereocenters. The van der Waals surface area contributed by atoms with Crippen LogP contribution in [-0.4, -0.2) is 63.7 Å². The van der Waals surface area contributed by atoms with Gasteiger partial charge in [-0.05, 0) is 51.2 Å². The summed E-state index contributed by atoms with van der Waals surface area (Å²) in [7, 11) is 1.84. The molecule has 0 spiro atoms. The lowest BCUT2D eigenvalue weighted by Gasteiger charge is -2.34. The number of hydrogen-bond acceptors (Lipinski definition) is 4. The predicted molar refractivity (Wildman–Crippen MR) is 125 cm³/mol. The Kier molecular flexibility index (Phi) is 7.94. The van der Waals surface area contributed by atoms with Crippen molar-refractivity contribution in [3.8, 4) is 5.75 Å². The SMILES string of the molecule is CCN1CCCCN(C(=O)c2cn(C)nc2C)[C@@H](CC(C)C)COc2ccccc2C1=O. The minimum Gasteiger partial charge on any atom is -0.491 e. The molecule has 0 radical (unpaired) electrons. The molecular weight excluding hydrogens is 404 g/mol. The minimum absolute atomic E-state index is 0.00128. The number of nitrogens with zero attached hydrogens (tertiary/aromatic N) is 4. The van der Waals surface area contributed by atoms with Gasteiger partial charge in [0, 0.05) is 32.9 Å². The molecule has 0 bridgehead atoms. The number of carbonyl (C=O) groups is 2. The molecule has 7 heteroatoms. The molecule has 174 valence electrons. The molecule has 1 aliphatic rings. The summed E-state index contributed by atoms with van der Waals surface area (Å²) in [5, 5.41) is 4.37. The van der Waals surface area contributed by atoms with E-state index in [9.17, 15) is 9.59 Å². The lowest BCUT2D eigenvalue weighted by Crippen LogP contribution is -2.45. The van der Waals surface area contributed by atoms with Gasteiger partial charge in [-0.2, -0.15) is 5.10 Å². The minimum atomic E-state index is -0.0908. The first-order valence-electron chi connectivity index (χ1n) is 11.6. The van der Waals surface area contributed by atoms with Crippen LogP contribution in [0.1, 0.15) is 66.4 Å². The smallest absolute Gasteiger partial charge is 0.257 e. The molecule has 3 rings (SSSR count). The van der Waals surface area contributed by atoms with E-state index in [4.69, 9.17) is 4.74 Å². The molecule has 1 aromatic heterocycles. The Morgan fingerprint density at radius 3 is 2.59 bits per heavy atom. The maximum Gasteiger partial charge on any atom is 0.257 e. The Balaban J connectivity index is 1.96. The number of benzene rings is 1. The normalized spacial score (nSPS) is 18.1. The number of carbonyl (C=O) groups excluding carboxylic acids is 2. The van der Waals surface area contributed by atoms with E-state index in [0.29, 0.717) is 49.0 Å². The molecule has 32 heavy (non-hydrogen) atoms. The molecule has 0 aliphatic carbocycles. The van der Waals surface area contributed by atoms with Crippen LogP contribution in [0.4, 0.5) is 0 Å². The Labute approximate surface area is 191 Å². The monoisotopic (exact) mass is 440 g/mol. The zero-order chi connectivity index (χ0) is 23.3. The molecule has 7 nitrogen and oxygen atoms in total. The van der Waals surface area contributed by atoms with E-state index in [1.165, 1.54) is 0 Å². The van der Waals surface area contributed by atoms with Gasteiger partial charge in [-0.1, -0.05) is 26.0 Å². The second-order valence-corrected chi connectivity index (χ2v) is 8.98. The standard InChI is InChI=1S/C25H36N4O3/c1-6-28-13-9-10-14-29(25(31)22-16-27(5)26-19(22)4)20(15-18(2)3)17-32-23-12-8-7-11-21(23)24(28)30/h7-8,11-12,16,18,20H,6,9-10,13-15,17H2,1-5H3/t20-/m0/s1. The fourth-order valence-electron chi connectivity index (χ4n) is 4.36. The molecule has 2 aromatic rings. The molecule has 0 saturated carbocycles. The van der Waals surface area contributed by atoms with Crippen molar-refractivity contribution in [3.63, 3.8) is 0 Å². The Bertz CT molecular complexity index is 937. The van der Waals surface area contributed by atoms with Gasteiger partial charge in [0.2, 0.25) is 0 Å². The van der Waals surface area contributed by atoms with Gasteiger partial charge >= 0.3 is 0 Å². The number of aryl methyl sites for hydroxylation is 2. The zero-order valence-electron chi connectivity index (χ0n) is 20.0. The van der Waals surface area contributed by atoms with E-state index >= 15 is 0 Å². The maximum atomic E-state index is 13.6. The number of fused-ring (bicyclic) bond motifs is 1. The predicted octanol–water partition coefficient (Wildman–Crippen LogP) is 3.92. The summed E-state index contributed by atoms with van der Waals surface area (Å²) < 4.78 is 7.92. The number of rotatable bonds is 4. The molecule has 0 saturated heterocycles. The molecule has 2 amide bonds. The van der Waals surface area contributed by atoms with Gasteiger partial charge in [-0.3, -0.25) is 14.3 Å². The largest absolute Gasteiger partial charge is 0.491 e. The molecule has 1 aliphatic heterocycles. The third-order valence-electron chi connectivity index (χ3n) is 5.98. The zero-order valence-corrected chi connectivity index (χ0v) is 20.0. The van der Waals surface area contributed by atoms with Crippen LogP contribution in [0.25, 0.3) is 0 Å². The number of ether oxygens (including phenoxy) is 1. The van der Waals surface area contributed by atoms with Crippen LogP contribution >= 0.6 is 0 Å². The van der Waals surface area contributed by atoms with Crippen LogP contribution in [0.3, 0.4) is 0 Å². The average molecular weight is 441 g/mol. The van der Waals surface area contributed by atoms with E-state index < -0.39 is 0 Å². The van der Waals surface area contributed by atoms with Crippen molar-refractivity contribution in [1.29, 1.82) is 0 Å². The van der Waals surface area contributed by atoms with Gasteiger partial charge in [0.15, 0.2) is 0 Å². The number of para-hydroxylation sites is 1.